The number of hydrogen-bond acceptors (Lipinski definition) is 4. The number of benzene rings is 1. The molecule has 0 unspecified atom stereocenters. The molecule has 0 aliphatic heterocycles. The molecule has 0 aliphatic rings. The van der Waals surface area contributed by atoms with Crippen LogP contribution in [0.3, 0.4) is 0 Å². The molecule has 0 radical (unpaired) electrons. The molecule has 3 rings (SSSR count). The molecule has 2 aromatic heterocycles. The van der Waals surface area contributed by atoms with Gasteiger partial charge in [-0.3, -0.25) is 14.7 Å². The Balaban J connectivity index is 1.81. The van der Waals surface area contributed by atoms with E-state index in [0.29, 0.717) is 11.7 Å². The molecule has 4 nitrogen and oxygen atoms in total. The van der Waals surface area contributed by atoms with Crippen LogP contribution in [0.2, 0.25) is 0 Å². The summed E-state index contributed by atoms with van der Waals surface area (Å²) in [5.74, 6) is -0.141. The fourth-order valence-corrected chi connectivity index (χ4v) is 3.10. The number of aromatic nitrogens is 2. The molecule has 25 heavy (non-hydrogen) atoms. The van der Waals surface area contributed by atoms with Gasteiger partial charge in [0.05, 0.1) is 5.69 Å². The van der Waals surface area contributed by atoms with Crippen LogP contribution in [-0.4, -0.2) is 22.4 Å². The van der Waals surface area contributed by atoms with E-state index in [4.69, 9.17) is 0 Å². The van der Waals surface area contributed by atoms with E-state index in [2.05, 4.69) is 16.5 Å². The van der Waals surface area contributed by atoms with Crippen molar-refractivity contribution in [2.75, 3.05) is 11.4 Å². The van der Waals surface area contributed by atoms with Gasteiger partial charge in [-0.25, -0.2) is 4.98 Å². The zero-order valence-electron chi connectivity index (χ0n) is 13.6. The van der Waals surface area contributed by atoms with Crippen molar-refractivity contribution >= 4 is 28.5 Å². The summed E-state index contributed by atoms with van der Waals surface area (Å²) < 4.78 is 0. The van der Waals surface area contributed by atoms with Gasteiger partial charge in [-0.1, -0.05) is 42.5 Å². The van der Waals surface area contributed by atoms with Crippen LogP contribution in [0.5, 0.6) is 0 Å². The van der Waals surface area contributed by atoms with Crippen molar-refractivity contribution in [1.29, 1.82) is 0 Å². The fourth-order valence-electron chi connectivity index (χ4n) is 2.25. The topological polar surface area (TPSA) is 46.1 Å². The summed E-state index contributed by atoms with van der Waals surface area (Å²) >= 11 is 1.44. The lowest BCUT2D eigenvalue weighted by atomic mass is 10.2. The second-order valence-corrected chi connectivity index (χ2v) is 6.08. The van der Waals surface area contributed by atoms with Gasteiger partial charge >= 0.3 is 0 Å². The van der Waals surface area contributed by atoms with Crippen molar-refractivity contribution in [2.45, 2.75) is 0 Å². The van der Waals surface area contributed by atoms with Gasteiger partial charge in [-0.05, 0) is 17.7 Å². The molecule has 0 atom stereocenters. The van der Waals surface area contributed by atoms with Crippen molar-refractivity contribution in [3.8, 4) is 11.3 Å². The second-order valence-electron chi connectivity index (χ2n) is 5.24. The first-order chi connectivity index (χ1) is 12.3. The van der Waals surface area contributed by atoms with Gasteiger partial charge in [0.2, 0.25) is 0 Å². The highest BCUT2D eigenvalue weighted by molar-refractivity contribution is 7.14. The van der Waals surface area contributed by atoms with Crippen molar-refractivity contribution in [3.05, 3.63) is 84.5 Å². The van der Waals surface area contributed by atoms with E-state index in [1.54, 1.807) is 29.4 Å². The van der Waals surface area contributed by atoms with Gasteiger partial charge in [0, 0.05) is 36.0 Å². The number of nitrogens with zero attached hydrogens (tertiary/aromatic N) is 3. The molecular formula is C20H17N3OS. The van der Waals surface area contributed by atoms with Crippen LogP contribution in [0.1, 0.15) is 5.56 Å². The number of thiazole rings is 1. The SMILES string of the molecule is C=CCN(C(=O)/C=C/c1cccnc1)c1nc(-c2ccccc2)cs1. The van der Waals surface area contributed by atoms with Crippen molar-refractivity contribution < 1.29 is 4.79 Å². The molecular weight excluding hydrogens is 330 g/mol. The first-order valence-electron chi connectivity index (χ1n) is 7.79. The number of rotatable bonds is 6. The van der Waals surface area contributed by atoms with Gasteiger partial charge < -0.3 is 0 Å². The third kappa shape index (κ3) is 4.28. The normalized spacial score (nSPS) is 10.7. The summed E-state index contributed by atoms with van der Waals surface area (Å²) in [6.07, 6.45) is 8.38. The van der Waals surface area contributed by atoms with E-state index < -0.39 is 0 Å². The fraction of sp³-hybridized carbons (Fsp3) is 0.0500. The number of carbonyl (C=O) groups is 1. The monoisotopic (exact) mass is 347 g/mol. The minimum absolute atomic E-state index is 0.141. The van der Waals surface area contributed by atoms with E-state index in [1.807, 2.05) is 47.8 Å². The first-order valence-corrected chi connectivity index (χ1v) is 8.67. The zero-order valence-corrected chi connectivity index (χ0v) is 14.4. The van der Waals surface area contributed by atoms with Crippen LogP contribution in [0, 0.1) is 0 Å². The van der Waals surface area contributed by atoms with Crippen LogP contribution in [0.25, 0.3) is 17.3 Å². The minimum atomic E-state index is -0.141. The van der Waals surface area contributed by atoms with E-state index in [9.17, 15) is 4.79 Å². The standard InChI is InChI=1S/C20H17N3OS/c1-2-13-23(19(24)11-10-16-7-6-12-21-14-16)20-22-18(15-25-20)17-8-4-3-5-9-17/h2-12,14-15H,1,13H2/b11-10+. The van der Waals surface area contributed by atoms with Crippen molar-refractivity contribution in [2.24, 2.45) is 0 Å². The Morgan fingerprint density at radius 3 is 2.76 bits per heavy atom. The van der Waals surface area contributed by atoms with E-state index >= 15 is 0 Å². The lowest BCUT2D eigenvalue weighted by Crippen LogP contribution is -2.29. The number of hydrogen-bond donors (Lipinski definition) is 0. The Bertz CT molecular complexity index is 872. The van der Waals surface area contributed by atoms with Gasteiger partial charge in [-0.15, -0.1) is 17.9 Å². The van der Waals surface area contributed by atoms with Crippen LogP contribution in [-0.2, 0) is 4.79 Å². The highest BCUT2D eigenvalue weighted by atomic mass is 32.1. The average molecular weight is 347 g/mol. The van der Waals surface area contributed by atoms with E-state index in [1.165, 1.54) is 17.4 Å². The summed E-state index contributed by atoms with van der Waals surface area (Å²) in [6, 6.07) is 13.6. The molecule has 0 aliphatic carbocycles. The maximum atomic E-state index is 12.6. The maximum Gasteiger partial charge on any atom is 0.253 e. The van der Waals surface area contributed by atoms with Gasteiger partial charge in [0.15, 0.2) is 5.13 Å². The highest BCUT2D eigenvalue weighted by Gasteiger charge is 2.16. The van der Waals surface area contributed by atoms with E-state index in [0.717, 1.165) is 16.8 Å². The third-order valence-corrected chi connectivity index (χ3v) is 4.34. The number of anilines is 1. The molecule has 1 amide bonds. The number of pyridine rings is 1. The van der Waals surface area contributed by atoms with Crippen LogP contribution in [0.4, 0.5) is 5.13 Å². The lowest BCUT2D eigenvalue weighted by Gasteiger charge is -2.15. The maximum absolute atomic E-state index is 12.6. The molecule has 5 heteroatoms. The van der Waals surface area contributed by atoms with Crippen molar-refractivity contribution in [1.82, 2.24) is 9.97 Å². The number of amides is 1. The van der Waals surface area contributed by atoms with E-state index in [-0.39, 0.29) is 5.91 Å². The summed E-state index contributed by atoms with van der Waals surface area (Å²) in [6.45, 7) is 4.14. The molecule has 0 N–H and O–H groups in total. The Kier molecular flexibility index (Phi) is 5.49. The Hall–Kier alpha value is -3.05. The summed E-state index contributed by atoms with van der Waals surface area (Å²) in [7, 11) is 0. The molecule has 1 aromatic carbocycles. The highest BCUT2D eigenvalue weighted by Crippen LogP contribution is 2.27. The first kappa shape index (κ1) is 16.8. The van der Waals surface area contributed by atoms with Crippen molar-refractivity contribution in [3.63, 3.8) is 0 Å². The second kappa shape index (κ2) is 8.17. The van der Waals surface area contributed by atoms with Crippen LogP contribution in [0.15, 0.2) is 79.0 Å². The lowest BCUT2D eigenvalue weighted by molar-refractivity contribution is -0.114. The molecule has 0 spiro atoms. The Labute approximate surface area is 150 Å². The predicted molar refractivity (Wildman–Crippen MR) is 103 cm³/mol. The Morgan fingerprint density at radius 2 is 2.04 bits per heavy atom. The van der Waals surface area contributed by atoms with Gasteiger partial charge in [-0.2, -0.15) is 0 Å². The molecule has 0 bridgehead atoms. The smallest absolute Gasteiger partial charge is 0.253 e. The summed E-state index contributed by atoms with van der Waals surface area (Å²) in [5.41, 5.74) is 2.76. The molecule has 0 saturated carbocycles. The van der Waals surface area contributed by atoms with Gasteiger partial charge in [0.1, 0.15) is 0 Å². The number of carbonyl (C=O) groups excluding carboxylic acids is 1. The minimum Gasteiger partial charge on any atom is -0.281 e. The third-order valence-electron chi connectivity index (χ3n) is 3.47. The van der Waals surface area contributed by atoms with Crippen LogP contribution < -0.4 is 4.90 Å². The quantitative estimate of drug-likeness (QED) is 0.489. The van der Waals surface area contributed by atoms with Gasteiger partial charge in [0.25, 0.3) is 5.91 Å². The molecule has 0 saturated heterocycles. The largest absolute Gasteiger partial charge is 0.281 e. The summed E-state index contributed by atoms with van der Waals surface area (Å²) in [4.78, 5) is 22.8. The molecule has 0 fully saturated rings. The zero-order chi connectivity index (χ0) is 17.5. The predicted octanol–water partition coefficient (Wildman–Crippen LogP) is 4.44. The molecule has 124 valence electrons. The van der Waals surface area contributed by atoms with Crippen LogP contribution >= 0.6 is 11.3 Å². The Morgan fingerprint density at radius 1 is 1.20 bits per heavy atom. The average Bonchev–Trinajstić information content (AvgIpc) is 3.15. The molecule has 2 heterocycles. The molecule has 3 aromatic rings. The summed E-state index contributed by atoms with van der Waals surface area (Å²) in [5, 5.41) is 2.61.